The summed E-state index contributed by atoms with van der Waals surface area (Å²) >= 11 is 2.46. The molecular weight excluding hydrogens is 885 g/mol. The standard InChI is InChI=1S/C48H78N9Si.3ClH.Ti/c1-30-26-36(49(8)9)39(52(14)15)42(55(20)21)45(30)58(48(7)29-33(4)34(5)35(48)6,46-31(2)27-37(50(10)11)40(53(16)17)43(46)56(22)23)47-32(3)28-38(51(12)13)41(54(18)19)44(47)57(24)25;;;;/h26-28H,1-25H3;3*1H;/q;;;;+3/p-3. The van der Waals surface area contributed by atoms with Gasteiger partial charge in [-0.3, -0.25) is 0 Å². The number of benzene rings is 3. The van der Waals surface area contributed by atoms with Gasteiger partial charge in [0, 0.05) is 0 Å². The Bertz CT molecular complexity index is 1970. The predicted octanol–water partition coefficient (Wildman–Crippen LogP) is -2.38. The molecule has 0 saturated heterocycles. The topological polar surface area (TPSA) is 29.2 Å². The van der Waals surface area contributed by atoms with Crippen LogP contribution in [0.3, 0.4) is 0 Å². The normalized spacial score (nSPS) is 14.8. The number of halogens is 3. The van der Waals surface area contributed by atoms with E-state index in [0.29, 0.717) is 0 Å². The molecule has 0 fully saturated rings. The van der Waals surface area contributed by atoms with Crippen LogP contribution in [0.5, 0.6) is 0 Å². The van der Waals surface area contributed by atoms with Crippen LogP contribution in [0.2, 0.25) is 5.04 Å². The van der Waals surface area contributed by atoms with Crippen LogP contribution in [0, 0.1) is 20.8 Å². The zero-order valence-electron chi connectivity index (χ0n) is 42.9. The van der Waals surface area contributed by atoms with Crippen molar-refractivity contribution in [2.24, 2.45) is 0 Å². The fraction of sp³-hybridized carbons (Fsp3) is 0.542. The molecule has 3 aromatic carbocycles. The molecule has 3 aromatic rings. The molecule has 0 heterocycles. The van der Waals surface area contributed by atoms with Crippen molar-refractivity contribution in [3.63, 3.8) is 0 Å². The van der Waals surface area contributed by atoms with Crippen LogP contribution in [0.15, 0.2) is 38.8 Å². The fourth-order valence-electron chi connectivity index (χ4n) is 10.4. The van der Waals surface area contributed by atoms with Crippen LogP contribution < -0.4 is 96.9 Å². The number of hydrogen-bond donors (Lipinski definition) is 0. The molecule has 9 nitrogen and oxygen atoms in total. The minimum atomic E-state index is -3.56. The molecule has 0 aromatic heterocycles. The van der Waals surface area contributed by atoms with Crippen LogP contribution in [-0.4, -0.2) is 135 Å². The van der Waals surface area contributed by atoms with E-state index in [0.717, 1.165) is 0 Å². The molecular formula is C48H78Cl3N9SiTi. The molecule has 0 bridgehead atoms. The van der Waals surface area contributed by atoms with E-state index in [4.69, 9.17) is 0 Å². The van der Waals surface area contributed by atoms with Crippen molar-refractivity contribution in [3.8, 4) is 0 Å². The van der Waals surface area contributed by atoms with Gasteiger partial charge in [-0.15, -0.1) is 0 Å². The number of aryl methyl sites for hydroxylation is 3. The van der Waals surface area contributed by atoms with Gasteiger partial charge in [0.1, 0.15) is 0 Å². The quantitative estimate of drug-likeness (QED) is 0.138. The molecule has 0 N–H and O–H groups in total. The molecule has 14 heteroatoms. The van der Waals surface area contributed by atoms with E-state index in [9.17, 15) is 0 Å². The van der Waals surface area contributed by atoms with Gasteiger partial charge in [0.15, 0.2) is 0 Å². The molecule has 0 spiro atoms. The summed E-state index contributed by atoms with van der Waals surface area (Å²) in [6, 6.07) is 7.48. The molecule has 1 unspecified atom stereocenters. The smallest absolute Gasteiger partial charge is 1.00 e. The number of nitrogens with zero attached hydrogens (tertiary/aromatic N) is 9. The molecule has 4 rings (SSSR count). The van der Waals surface area contributed by atoms with Gasteiger partial charge in [-0.25, -0.2) is 0 Å². The summed E-state index contributed by atoms with van der Waals surface area (Å²) in [6.07, 6.45) is 0. The molecule has 344 valence electrons. The average molecular weight is 964 g/mol. The van der Waals surface area contributed by atoms with Crippen molar-refractivity contribution in [3.05, 3.63) is 55.5 Å². The van der Waals surface area contributed by atoms with E-state index < -0.39 is 13.1 Å². The number of rotatable bonds is 13. The first-order valence-corrected chi connectivity index (χ1v) is 23.6. The van der Waals surface area contributed by atoms with Crippen molar-refractivity contribution >= 4 is 74.8 Å². The molecule has 1 atom stereocenters. The second-order valence-electron chi connectivity index (χ2n) is 19.0. The number of hydrogen-bond acceptors (Lipinski definition) is 9. The Morgan fingerprint density at radius 3 is 0.758 bits per heavy atom. The maximum absolute atomic E-state index is 3.56. The van der Waals surface area contributed by atoms with Crippen LogP contribution in [0.4, 0.5) is 51.2 Å². The summed E-state index contributed by atoms with van der Waals surface area (Å²) in [5.41, 5.74) is 19.5. The summed E-state index contributed by atoms with van der Waals surface area (Å²) < 4.78 is 1.46. The Balaban J connectivity index is 0.00000641. The summed E-state index contributed by atoms with van der Waals surface area (Å²) in [5.74, 6) is 0. The van der Waals surface area contributed by atoms with Crippen LogP contribution >= 0.6 is 0 Å². The van der Waals surface area contributed by atoms with E-state index in [-0.39, 0.29) is 37.2 Å². The van der Waals surface area contributed by atoms with Gasteiger partial charge >= 0.3 is 375 Å². The maximum Gasteiger partial charge on any atom is -1.00 e. The zero-order valence-corrected chi connectivity index (χ0v) is 47.7. The number of anilines is 9. The Labute approximate surface area is 409 Å². The minimum absolute atomic E-state index is 0. The van der Waals surface area contributed by atoms with E-state index in [1.807, 2.05) is 0 Å². The second-order valence-corrected chi connectivity index (χ2v) is 23.8. The Hall–Kier alpha value is -2.86. The van der Waals surface area contributed by atoms with Gasteiger partial charge < -0.3 is 37.2 Å². The van der Waals surface area contributed by atoms with E-state index in [1.165, 1.54) is 104 Å². The maximum atomic E-state index is 2.64. The van der Waals surface area contributed by atoms with Gasteiger partial charge in [0.2, 0.25) is 0 Å². The SMILES string of the molecule is CC1=C(C)C(C)([Si](c2c(C)cc(N(C)C)c(N(C)C)c2N(C)C)(c2c(C)cc(N(C)C)c(N(C)C)c2N(C)C)c2c(C)cc(N(C)C)c(N(C)C)c2N(C)C)[C]([Ti+3])=C1C.[Cl-].[Cl-].[Cl-]. The van der Waals surface area contributed by atoms with E-state index in [2.05, 4.69) is 258 Å². The first-order chi connectivity index (χ1) is 27.1. The number of allylic oxidation sites excluding steroid dienone is 4. The third-order valence-corrected chi connectivity index (χ3v) is 21.1. The van der Waals surface area contributed by atoms with Gasteiger partial charge in [-0.05, 0) is 0 Å². The summed E-state index contributed by atoms with van der Waals surface area (Å²) in [6.45, 7) is 17.1. The third-order valence-electron chi connectivity index (χ3n) is 13.1. The summed E-state index contributed by atoms with van der Waals surface area (Å²) in [4.78, 5) is 21.2. The van der Waals surface area contributed by atoms with Crippen molar-refractivity contribution in [2.75, 3.05) is 171 Å². The first kappa shape index (κ1) is 57.2. The molecule has 1 aliphatic carbocycles. The van der Waals surface area contributed by atoms with E-state index in [1.54, 1.807) is 0 Å². The minimum Gasteiger partial charge on any atom is -1.00 e. The third kappa shape index (κ3) is 8.67. The van der Waals surface area contributed by atoms with Crippen molar-refractivity contribution in [2.45, 2.75) is 53.5 Å². The van der Waals surface area contributed by atoms with E-state index >= 15 is 0 Å². The zero-order chi connectivity index (χ0) is 45.3. The van der Waals surface area contributed by atoms with Crippen LogP contribution in [0.1, 0.15) is 44.4 Å². The predicted molar refractivity (Wildman–Crippen MR) is 267 cm³/mol. The van der Waals surface area contributed by atoms with Gasteiger partial charge in [-0.1, -0.05) is 0 Å². The molecule has 0 radical (unpaired) electrons. The summed E-state index contributed by atoms with van der Waals surface area (Å²) in [5, 5.41) is 3.98. The Morgan fingerprint density at radius 1 is 0.371 bits per heavy atom. The molecule has 0 aliphatic heterocycles. The second kappa shape index (κ2) is 20.5. The van der Waals surface area contributed by atoms with Crippen molar-refractivity contribution in [1.29, 1.82) is 0 Å². The van der Waals surface area contributed by atoms with Crippen LogP contribution in [0.25, 0.3) is 0 Å². The Morgan fingerprint density at radius 2 is 0.597 bits per heavy atom. The Kier molecular flexibility index (Phi) is 18.9. The summed E-state index contributed by atoms with van der Waals surface area (Å²) in [7, 11) is 36.5. The average Bonchev–Trinajstić information content (AvgIpc) is 3.26. The van der Waals surface area contributed by atoms with Gasteiger partial charge in [0.05, 0.1) is 0 Å². The first-order valence-electron chi connectivity index (χ1n) is 20.8. The molecule has 62 heavy (non-hydrogen) atoms. The molecule has 1 aliphatic rings. The monoisotopic (exact) mass is 961 g/mol. The van der Waals surface area contributed by atoms with Gasteiger partial charge in [-0.2, -0.15) is 0 Å². The molecule has 0 saturated carbocycles. The fourth-order valence-corrected chi connectivity index (χ4v) is 19.5. The van der Waals surface area contributed by atoms with Crippen LogP contribution in [-0.2, 0) is 20.4 Å². The molecule has 0 amide bonds. The van der Waals surface area contributed by atoms with Crippen molar-refractivity contribution in [1.82, 2.24) is 0 Å². The largest absolute Gasteiger partial charge is 1.00 e. The van der Waals surface area contributed by atoms with Crippen molar-refractivity contribution < 1.29 is 57.7 Å². The van der Waals surface area contributed by atoms with Gasteiger partial charge in [0.25, 0.3) is 0 Å².